The van der Waals surface area contributed by atoms with Crippen molar-refractivity contribution in [2.24, 2.45) is 0 Å². The lowest BCUT2D eigenvalue weighted by Gasteiger charge is -2.26. The number of anilines is 2. The Kier molecular flexibility index (Phi) is 6.99. The Morgan fingerprint density at radius 3 is 1.48 bits per heavy atom. The summed E-state index contributed by atoms with van der Waals surface area (Å²) in [6.45, 7) is 6.86. The van der Waals surface area contributed by atoms with Crippen LogP contribution in [0.2, 0.25) is 0 Å². The summed E-state index contributed by atoms with van der Waals surface area (Å²) < 4.78 is 2.59. The highest BCUT2D eigenvalue weighted by Crippen LogP contribution is 2.45. The van der Waals surface area contributed by atoms with Gasteiger partial charge in [-0.25, -0.2) is 4.58 Å². The van der Waals surface area contributed by atoms with E-state index in [2.05, 4.69) is 124 Å². The molecule has 228 valence electrons. The largest absolute Gasteiger partial charge is 0.371 e. The van der Waals surface area contributed by atoms with E-state index in [1.807, 2.05) is 0 Å². The minimum absolute atomic E-state index is 1.14. The molecule has 5 aromatic carbocycles. The maximum atomic E-state index is 2.59. The zero-order valence-electron chi connectivity index (χ0n) is 26.7. The molecule has 3 saturated heterocycles. The molecule has 4 aliphatic rings. The Bertz CT molecular complexity index is 1960. The molecule has 0 bridgehead atoms. The summed E-state index contributed by atoms with van der Waals surface area (Å²) in [4.78, 5) is 5.18. The van der Waals surface area contributed by atoms with Crippen molar-refractivity contribution in [3.8, 4) is 0 Å². The Balaban J connectivity index is 1.35. The van der Waals surface area contributed by atoms with Gasteiger partial charge in [-0.1, -0.05) is 78.9 Å². The lowest BCUT2D eigenvalue weighted by Crippen LogP contribution is -2.21. The standard InChI is InChI=1S/C43H42N3/c1-4-16-34-31(13-1)37(19-22-40(34)44-25-7-8-26-44)43(38-20-23-41(45-27-9-10-28-45)35-17-5-2-14-32(35)38)39-21-24-42(46-29-11-12-30-46)36-18-6-3-15-33(36)39/h1-6,13-24H,7-12,25-30H2/q+1. The smallest absolute Gasteiger partial charge is 0.207 e. The molecule has 0 N–H and O–H groups in total. The van der Waals surface area contributed by atoms with E-state index in [4.69, 9.17) is 0 Å². The van der Waals surface area contributed by atoms with E-state index < -0.39 is 0 Å². The van der Waals surface area contributed by atoms with E-state index in [0.29, 0.717) is 0 Å². The predicted molar refractivity (Wildman–Crippen MR) is 196 cm³/mol. The first-order valence-corrected chi connectivity index (χ1v) is 17.5. The lowest BCUT2D eigenvalue weighted by molar-refractivity contribution is -0.504. The molecule has 3 nitrogen and oxygen atoms in total. The van der Waals surface area contributed by atoms with Crippen LogP contribution in [0.5, 0.6) is 0 Å². The van der Waals surface area contributed by atoms with E-state index >= 15 is 0 Å². The van der Waals surface area contributed by atoms with Crippen molar-refractivity contribution in [3.63, 3.8) is 0 Å². The van der Waals surface area contributed by atoms with Crippen molar-refractivity contribution in [2.75, 3.05) is 49.1 Å². The highest BCUT2D eigenvalue weighted by molar-refractivity contribution is 6.21. The fourth-order valence-corrected chi connectivity index (χ4v) is 8.64. The third-order valence-electron chi connectivity index (χ3n) is 10.9. The first-order chi connectivity index (χ1) is 22.8. The fourth-order valence-electron chi connectivity index (χ4n) is 8.64. The highest BCUT2D eigenvalue weighted by Gasteiger charge is 2.29. The van der Waals surface area contributed by atoms with Crippen molar-refractivity contribution in [3.05, 3.63) is 131 Å². The van der Waals surface area contributed by atoms with Gasteiger partial charge < -0.3 is 9.80 Å². The molecule has 0 saturated carbocycles. The van der Waals surface area contributed by atoms with Crippen LogP contribution in [-0.2, 0) is 0 Å². The average Bonchev–Trinajstić information content (AvgIpc) is 3.94. The van der Waals surface area contributed by atoms with Crippen molar-refractivity contribution in [2.45, 2.75) is 38.5 Å². The van der Waals surface area contributed by atoms with Gasteiger partial charge >= 0.3 is 0 Å². The fraction of sp³-hybridized carbons (Fsp3) is 0.279. The number of nitrogens with zero attached hydrogens (tertiary/aromatic N) is 3. The quantitative estimate of drug-likeness (QED) is 0.190. The molecule has 3 heterocycles. The topological polar surface area (TPSA) is 9.49 Å². The van der Waals surface area contributed by atoms with E-state index in [-0.39, 0.29) is 0 Å². The number of rotatable bonds is 4. The molecule has 0 radical (unpaired) electrons. The molecule has 0 aromatic heterocycles. The van der Waals surface area contributed by atoms with Crippen LogP contribution in [0.15, 0.2) is 109 Å². The molecule has 3 heteroatoms. The van der Waals surface area contributed by atoms with Gasteiger partial charge in [-0.15, -0.1) is 0 Å². The van der Waals surface area contributed by atoms with Crippen molar-refractivity contribution >= 4 is 49.8 Å². The zero-order valence-corrected chi connectivity index (χ0v) is 26.7. The maximum absolute atomic E-state index is 2.59. The third-order valence-corrected chi connectivity index (χ3v) is 10.9. The average molecular weight is 601 g/mol. The molecule has 0 amide bonds. The van der Waals surface area contributed by atoms with E-state index in [9.17, 15) is 0 Å². The molecule has 0 spiro atoms. The summed E-state index contributed by atoms with van der Waals surface area (Å²) >= 11 is 0. The Labute approximate surface area is 272 Å². The SMILES string of the molecule is C1=CC(=[N+]2CCCC2)c2ccccc2C1=C(c1ccc(N2CCCC2)c2ccccc12)c1ccc(N2CCCC2)c2ccccc12. The van der Waals surface area contributed by atoms with Crippen LogP contribution in [0.25, 0.3) is 32.7 Å². The second-order valence-electron chi connectivity index (χ2n) is 13.5. The minimum atomic E-state index is 1.14. The summed E-state index contributed by atoms with van der Waals surface area (Å²) in [5, 5.41) is 5.38. The number of benzene rings is 5. The number of hydrogen-bond acceptors (Lipinski definition) is 2. The van der Waals surface area contributed by atoms with Crippen LogP contribution in [0.3, 0.4) is 0 Å². The first-order valence-electron chi connectivity index (χ1n) is 17.5. The van der Waals surface area contributed by atoms with Gasteiger partial charge in [0.15, 0.2) is 0 Å². The lowest BCUT2D eigenvalue weighted by atomic mass is 9.81. The normalized spacial score (nSPS) is 18.0. The molecule has 5 aromatic rings. The van der Waals surface area contributed by atoms with Crippen LogP contribution in [0.1, 0.15) is 60.8 Å². The van der Waals surface area contributed by atoms with Gasteiger partial charge in [0, 0.05) is 67.2 Å². The van der Waals surface area contributed by atoms with Crippen LogP contribution in [0.4, 0.5) is 11.4 Å². The third kappa shape index (κ3) is 4.59. The molecular weight excluding hydrogens is 558 g/mol. The molecular formula is C43H42N3+. The summed E-state index contributed by atoms with van der Waals surface area (Å²) in [7, 11) is 0. The summed E-state index contributed by atoms with van der Waals surface area (Å²) in [6, 6.07) is 37.1. The number of allylic oxidation sites excluding steroid dienone is 3. The van der Waals surface area contributed by atoms with Gasteiger partial charge in [-0.2, -0.15) is 0 Å². The van der Waals surface area contributed by atoms with Crippen molar-refractivity contribution in [1.82, 2.24) is 0 Å². The second kappa shape index (κ2) is 11.6. The molecule has 3 aliphatic heterocycles. The van der Waals surface area contributed by atoms with Crippen LogP contribution in [-0.4, -0.2) is 49.6 Å². The van der Waals surface area contributed by atoms with E-state index in [1.54, 1.807) is 0 Å². The Hall–Kier alpha value is -4.63. The number of fused-ring (bicyclic) bond motifs is 3. The second-order valence-corrected chi connectivity index (χ2v) is 13.5. The Morgan fingerprint density at radius 2 is 0.935 bits per heavy atom. The maximum Gasteiger partial charge on any atom is 0.207 e. The number of hydrogen-bond donors (Lipinski definition) is 0. The highest BCUT2D eigenvalue weighted by atomic mass is 15.1. The molecule has 46 heavy (non-hydrogen) atoms. The monoisotopic (exact) mass is 600 g/mol. The van der Waals surface area contributed by atoms with Crippen LogP contribution in [0, 0.1) is 0 Å². The van der Waals surface area contributed by atoms with E-state index in [0.717, 1.165) is 39.3 Å². The molecule has 9 rings (SSSR count). The molecule has 0 atom stereocenters. The molecule has 3 fully saturated rings. The summed E-state index contributed by atoms with van der Waals surface area (Å²) in [5.41, 5.74) is 12.1. The predicted octanol–water partition coefficient (Wildman–Crippen LogP) is 9.32. The first kappa shape index (κ1) is 27.7. The van der Waals surface area contributed by atoms with Crippen molar-refractivity contribution in [1.29, 1.82) is 0 Å². The Morgan fingerprint density at radius 1 is 0.457 bits per heavy atom. The van der Waals surface area contributed by atoms with Gasteiger partial charge in [-0.05, 0) is 88.6 Å². The summed E-state index contributed by atoms with van der Waals surface area (Å²) in [6.07, 6.45) is 12.5. The molecule has 1 aliphatic carbocycles. The van der Waals surface area contributed by atoms with Gasteiger partial charge in [0.2, 0.25) is 5.71 Å². The van der Waals surface area contributed by atoms with Crippen LogP contribution >= 0.6 is 0 Å². The zero-order chi connectivity index (χ0) is 30.5. The van der Waals surface area contributed by atoms with Gasteiger partial charge in [0.05, 0.1) is 5.56 Å². The van der Waals surface area contributed by atoms with Gasteiger partial charge in [0.1, 0.15) is 13.1 Å². The molecule has 0 unspecified atom stereocenters. The summed E-state index contributed by atoms with van der Waals surface area (Å²) in [5.74, 6) is 0. The van der Waals surface area contributed by atoms with Crippen LogP contribution < -0.4 is 9.80 Å². The van der Waals surface area contributed by atoms with Crippen molar-refractivity contribution < 1.29 is 4.58 Å². The van der Waals surface area contributed by atoms with Gasteiger partial charge in [-0.3, -0.25) is 0 Å². The van der Waals surface area contributed by atoms with E-state index in [1.165, 1.54) is 111 Å². The van der Waals surface area contributed by atoms with Gasteiger partial charge in [0.25, 0.3) is 0 Å². The minimum Gasteiger partial charge on any atom is -0.371 e.